The fourth-order valence-electron chi connectivity index (χ4n) is 8.03. The van der Waals surface area contributed by atoms with Crippen molar-refractivity contribution >= 4 is 23.4 Å². The number of Topliss-reactive ketones (excluding diaryl/α,β-unsaturated/α-hetero) is 1. The van der Waals surface area contributed by atoms with Gasteiger partial charge in [0.1, 0.15) is 41.8 Å². The van der Waals surface area contributed by atoms with E-state index in [4.69, 9.17) is 28.4 Å². The molecule has 0 bridgehead atoms. The SMILES string of the molecule is COCCOC(=O)N1CCN2C(C1)OC1C2C[C@H](O[C@H]2C[C@](O)(C(C)=O)Cc3c(O)c4c(c(O)c32)C(=O)c2c(OC)cccc2C4=O)O[C@H]1C. The number of ether oxygens (including phenoxy) is 6. The molecule has 7 rings (SSSR count). The molecule has 0 saturated carbocycles. The van der Waals surface area contributed by atoms with Crippen molar-refractivity contribution in [2.75, 3.05) is 47.1 Å². The molecule has 7 atom stereocenters. The lowest BCUT2D eigenvalue weighted by Crippen LogP contribution is -2.57. The normalized spacial score (nSPS) is 30.1. The molecule has 0 radical (unpaired) electrons. The van der Waals surface area contributed by atoms with Crippen LogP contribution in [-0.2, 0) is 34.9 Å². The Hall–Kier alpha value is -4.12. The molecule has 1 amide bonds. The monoisotopic (exact) mass is 696 g/mol. The maximum absolute atomic E-state index is 13.9. The molecule has 3 unspecified atom stereocenters. The number of carbonyl (C=O) groups excluding carboxylic acids is 4. The second-order valence-corrected chi connectivity index (χ2v) is 13.4. The van der Waals surface area contributed by atoms with E-state index >= 15 is 0 Å². The smallest absolute Gasteiger partial charge is 0.410 e. The lowest BCUT2D eigenvalue weighted by atomic mass is 9.72. The maximum Gasteiger partial charge on any atom is 0.410 e. The van der Waals surface area contributed by atoms with Crippen LogP contribution in [0.5, 0.6) is 17.2 Å². The lowest BCUT2D eigenvalue weighted by molar-refractivity contribution is -0.247. The number of rotatable bonds is 7. The van der Waals surface area contributed by atoms with Gasteiger partial charge in [-0.1, -0.05) is 12.1 Å². The molecule has 2 aliphatic carbocycles. The molecule has 0 spiro atoms. The van der Waals surface area contributed by atoms with Crippen LogP contribution in [0.2, 0.25) is 0 Å². The predicted molar refractivity (Wildman–Crippen MR) is 170 cm³/mol. The van der Waals surface area contributed by atoms with Gasteiger partial charge in [-0.3, -0.25) is 19.3 Å². The first-order valence-electron chi connectivity index (χ1n) is 16.6. The number of aromatic hydroxyl groups is 2. The fraction of sp³-hybridized carbons (Fsp3) is 0.543. The number of hydrogen-bond acceptors (Lipinski definition) is 14. The average molecular weight is 697 g/mol. The summed E-state index contributed by atoms with van der Waals surface area (Å²) in [6.45, 7) is 4.68. The van der Waals surface area contributed by atoms with Gasteiger partial charge in [-0.2, -0.15) is 0 Å². The highest BCUT2D eigenvalue weighted by atomic mass is 16.7. The average Bonchev–Trinajstić information content (AvgIpc) is 3.46. The largest absolute Gasteiger partial charge is 0.507 e. The summed E-state index contributed by atoms with van der Waals surface area (Å²) in [5.41, 5.74) is -2.98. The Balaban J connectivity index is 1.19. The topological polar surface area (TPSA) is 191 Å². The van der Waals surface area contributed by atoms with Crippen molar-refractivity contribution < 1.29 is 62.9 Å². The van der Waals surface area contributed by atoms with Crippen LogP contribution in [0.25, 0.3) is 0 Å². The summed E-state index contributed by atoms with van der Waals surface area (Å²) in [5, 5.41) is 34.9. The molecule has 3 heterocycles. The van der Waals surface area contributed by atoms with Crippen LogP contribution in [0, 0.1) is 0 Å². The van der Waals surface area contributed by atoms with Crippen LogP contribution in [0.3, 0.4) is 0 Å². The maximum atomic E-state index is 13.9. The van der Waals surface area contributed by atoms with Crippen molar-refractivity contribution in [3.8, 4) is 17.2 Å². The molecule has 50 heavy (non-hydrogen) atoms. The van der Waals surface area contributed by atoms with E-state index in [0.29, 0.717) is 19.5 Å². The summed E-state index contributed by atoms with van der Waals surface area (Å²) < 4.78 is 34.7. The first-order valence-corrected chi connectivity index (χ1v) is 16.6. The number of methoxy groups -OCH3 is 2. The van der Waals surface area contributed by atoms with E-state index in [9.17, 15) is 34.5 Å². The second kappa shape index (κ2) is 12.9. The molecule has 15 nitrogen and oxygen atoms in total. The minimum absolute atomic E-state index is 0.00815. The second-order valence-electron chi connectivity index (χ2n) is 13.4. The van der Waals surface area contributed by atoms with E-state index in [-0.39, 0.29) is 66.3 Å². The number of ketones is 3. The third-order valence-corrected chi connectivity index (χ3v) is 10.6. The molecule has 3 aliphatic heterocycles. The van der Waals surface area contributed by atoms with Gasteiger partial charge < -0.3 is 48.6 Å². The fourth-order valence-corrected chi connectivity index (χ4v) is 8.03. The van der Waals surface area contributed by atoms with Gasteiger partial charge in [0, 0.05) is 62.2 Å². The molecule has 2 aromatic rings. The number of nitrogens with zero attached hydrogens (tertiary/aromatic N) is 2. The van der Waals surface area contributed by atoms with Gasteiger partial charge in [-0.15, -0.1) is 0 Å². The van der Waals surface area contributed by atoms with Crippen LogP contribution in [-0.4, -0.2) is 132 Å². The Morgan fingerprint density at radius 3 is 2.50 bits per heavy atom. The summed E-state index contributed by atoms with van der Waals surface area (Å²) in [7, 11) is 2.88. The van der Waals surface area contributed by atoms with Crippen LogP contribution >= 0.6 is 0 Å². The Bertz CT molecular complexity index is 1760. The number of phenols is 2. The number of carbonyl (C=O) groups is 4. The molecule has 3 saturated heterocycles. The van der Waals surface area contributed by atoms with Crippen molar-refractivity contribution in [1.82, 2.24) is 9.80 Å². The van der Waals surface area contributed by atoms with Gasteiger partial charge >= 0.3 is 6.09 Å². The summed E-state index contributed by atoms with van der Waals surface area (Å²) in [6.07, 6.45) is -4.26. The molecule has 268 valence electrons. The first kappa shape index (κ1) is 34.3. The summed E-state index contributed by atoms with van der Waals surface area (Å²) in [6, 6.07) is 4.30. The van der Waals surface area contributed by atoms with Crippen LogP contribution in [0.4, 0.5) is 4.79 Å². The van der Waals surface area contributed by atoms with E-state index in [0.717, 1.165) is 0 Å². The zero-order valence-corrected chi connectivity index (χ0v) is 28.2. The summed E-state index contributed by atoms with van der Waals surface area (Å²) in [4.78, 5) is 56.8. The van der Waals surface area contributed by atoms with E-state index in [1.807, 2.05) is 6.92 Å². The number of aliphatic hydroxyl groups is 1. The number of benzene rings is 2. The van der Waals surface area contributed by atoms with E-state index in [1.165, 1.54) is 39.3 Å². The van der Waals surface area contributed by atoms with E-state index in [1.54, 1.807) is 4.90 Å². The summed E-state index contributed by atoms with van der Waals surface area (Å²) in [5.74, 6) is -3.12. The number of fused-ring (bicyclic) bond motifs is 6. The number of phenolic OH excluding ortho intramolecular Hbond substituents is 2. The molecular weight excluding hydrogens is 656 g/mol. The third kappa shape index (κ3) is 5.43. The zero-order valence-electron chi connectivity index (χ0n) is 28.2. The Morgan fingerprint density at radius 2 is 1.78 bits per heavy atom. The van der Waals surface area contributed by atoms with Crippen LogP contribution in [0.15, 0.2) is 18.2 Å². The van der Waals surface area contributed by atoms with Crippen molar-refractivity contribution in [2.45, 2.75) is 75.6 Å². The van der Waals surface area contributed by atoms with Gasteiger partial charge in [-0.05, 0) is 19.9 Å². The van der Waals surface area contributed by atoms with Crippen LogP contribution in [0.1, 0.15) is 75.8 Å². The molecule has 3 fully saturated rings. The van der Waals surface area contributed by atoms with Gasteiger partial charge in [0.25, 0.3) is 0 Å². The summed E-state index contributed by atoms with van der Waals surface area (Å²) >= 11 is 0. The first-order chi connectivity index (χ1) is 23.9. The highest BCUT2D eigenvalue weighted by molar-refractivity contribution is 6.31. The molecule has 0 aromatic heterocycles. The standard InChI is InChI=1S/C35H40N2O13/c1-16-33-20(37-9-8-36(15-23(37)50-33)34(43)47-11-10-45-3)12-24(48-16)49-22-14-35(44,17(2)38)13-19-26(22)32(42)28-27(30(19)40)29(39)18-6-5-7-21(46-4)25(18)31(28)41/h5-7,16,20,22-24,33,40,42,44H,8-15H2,1-4H3/t16-,20?,22-,23?,24-,33?,35-/m0/s1. The van der Waals surface area contributed by atoms with Crippen molar-refractivity contribution in [3.05, 3.63) is 51.6 Å². The molecule has 15 heteroatoms. The number of amides is 1. The van der Waals surface area contributed by atoms with Gasteiger partial charge in [0.15, 0.2) is 17.9 Å². The quantitative estimate of drug-likeness (QED) is 0.240. The molecule has 3 N–H and O–H groups in total. The Morgan fingerprint density at radius 1 is 1.02 bits per heavy atom. The van der Waals surface area contributed by atoms with Crippen molar-refractivity contribution in [3.63, 3.8) is 0 Å². The third-order valence-electron chi connectivity index (χ3n) is 10.6. The van der Waals surface area contributed by atoms with E-state index < -0.39 is 82.8 Å². The van der Waals surface area contributed by atoms with E-state index in [2.05, 4.69) is 4.90 Å². The van der Waals surface area contributed by atoms with Crippen molar-refractivity contribution in [1.29, 1.82) is 0 Å². The number of piperazine rings is 1. The molecular formula is C35H40N2O13. The molecule has 5 aliphatic rings. The van der Waals surface area contributed by atoms with Crippen LogP contribution < -0.4 is 4.74 Å². The van der Waals surface area contributed by atoms with Gasteiger partial charge in [-0.25, -0.2) is 4.79 Å². The predicted octanol–water partition coefficient (Wildman–Crippen LogP) is 1.83. The van der Waals surface area contributed by atoms with Gasteiger partial charge in [0.05, 0.1) is 49.2 Å². The highest BCUT2D eigenvalue weighted by Gasteiger charge is 2.54. The van der Waals surface area contributed by atoms with Crippen molar-refractivity contribution in [2.24, 2.45) is 0 Å². The minimum Gasteiger partial charge on any atom is -0.507 e. The Kier molecular flexibility index (Phi) is 8.85. The Labute approximate surface area is 287 Å². The van der Waals surface area contributed by atoms with Gasteiger partial charge in [0.2, 0.25) is 5.78 Å². The number of hydrogen-bond donors (Lipinski definition) is 3. The zero-order chi connectivity index (χ0) is 35.6. The minimum atomic E-state index is -2.02. The lowest BCUT2D eigenvalue weighted by Gasteiger charge is -2.43. The molecule has 2 aromatic carbocycles. The highest BCUT2D eigenvalue weighted by Crippen LogP contribution is 2.53.